The van der Waals surface area contributed by atoms with E-state index in [4.69, 9.17) is 18.9 Å². The fourth-order valence-electron chi connectivity index (χ4n) is 16.7. The third-order valence-electron chi connectivity index (χ3n) is 21.8. The predicted octanol–water partition coefficient (Wildman–Crippen LogP) is 15.6. The summed E-state index contributed by atoms with van der Waals surface area (Å²) in [5.41, 5.74) is 7.57. The normalized spacial score (nSPS) is 20.6. The number of rotatable bonds is 27. The molecule has 1 aliphatic carbocycles. The van der Waals surface area contributed by atoms with Crippen molar-refractivity contribution < 1.29 is 34.3 Å². The molecular weight excluding hydrogens is 1320 g/mol. The van der Waals surface area contributed by atoms with Crippen molar-refractivity contribution in [2.75, 3.05) is 13.7 Å². The van der Waals surface area contributed by atoms with Crippen LogP contribution in [-0.4, -0.2) is 90.0 Å². The molecule has 10 unspecified atom stereocenters. The monoisotopic (exact) mass is 1410 g/mol. The van der Waals surface area contributed by atoms with Gasteiger partial charge in [-0.2, -0.15) is 0 Å². The van der Waals surface area contributed by atoms with Crippen molar-refractivity contribution in [3.63, 3.8) is 0 Å². The smallest absolute Gasteiger partial charge is 0.176 e. The first-order valence-electron chi connectivity index (χ1n) is 37.1. The first-order chi connectivity index (χ1) is 52.7. The molecule has 0 spiro atoms. The van der Waals surface area contributed by atoms with Crippen LogP contribution in [0.15, 0.2) is 388 Å². The summed E-state index contributed by atoms with van der Waals surface area (Å²) < 4.78 is 29.0. The van der Waals surface area contributed by atoms with E-state index in [0.29, 0.717) is 5.75 Å². The number of ether oxygens (including phenoxy) is 4. The topological polar surface area (TPSA) is 146 Å². The molecule has 1 saturated heterocycles. The zero-order valence-corrected chi connectivity index (χ0v) is 59.8. The van der Waals surface area contributed by atoms with Crippen LogP contribution in [-0.2, 0) is 43.0 Å². The quantitative estimate of drug-likeness (QED) is 0.0247. The van der Waals surface area contributed by atoms with E-state index in [2.05, 4.69) is 240 Å². The van der Waals surface area contributed by atoms with Gasteiger partial charge in [0.1, 0.15) is 42.4 Å². The maximum absolute atomic E-state index is 14.8. The highest BCUT2D eigenvalue weighted by Gasteiger charge is 2.57. The second-order valence-corrected chi connectivity index (χ2v) is 27.9. The number of aliphatic hydroxyl groups excluding tert-OH is 3. The highest BCUT2D eigenvalue weighted by Crippen LogP contribution is 2.46. The summed E-state index contributed by atoms with van der Waals surface area (Å²) in [5.74, 6) is 0.698. The third-order valence-corrected chi connectivity index (χ3v) is 21.8. The highest BCUT2D eigenvalue weighted by molar-refractivity contribution is 5.55. The maximum Gasteiger partial charge on any atom is 0.176 e. The van der Waals surface area contributed by atoms with Crippen molar-refractivity contribution in [2.24, 2.45) is 0 Å². The van der Waals surface area contributed by atoms with Gasteiger partial charge in [0.05, 0.1) is 41.9 Å². The summed E-state index contributed by atoms with van der Waals surface area (Å²) in [5, 5.41) is 59.0. The minimum atomic E-state index is -1.60. The second-order valence-electron chi connectivity index (χ2n) is 27.9. The Balaban J connectivity index is 0.948. The lowest BCUT2D eigenvalue weighted by atomic mass is 9.72. The predicted molar refractivity (Wildman–Crippen MR) is 423 cm³/mol. The maximum atomic E-state index is 14.8. The largest absolute Gasteiger partial charge is 0.497 e. The Morgan fingerprint density at radius 1 is 0.318 bits per heavy atom. The summed E-state index contributed by atoms with van der Waals surface area (Å²) >= 11 is 0. The van der Waals surface area contributed by atoms with Gasteiger partial charge in [-0.1, -0.05) is 376 Å². The Morgan fingerprint density at radius 2 is 0.589 bits per heavy atom. The van der Waals surface area contributed by atoms with Crippen LogP contribution < -0.4 is 26.0 Å². The van der Waals surface area contributed by atoms with E-state index < -0.39 is 83.2 Å². The number of hydrogen-bond acceptors (Lipinski definition) is 11. The lowest BCUT2D eigenvalue weighted by Crippen LogP contribution is -2.72. The van der Waals surface area contributed by atoms with Crippen LogP contribution in [0.5, 0.6) is 5.75 Å². The van der Waals surface area contributed by atoms with E-state index in [9.17, 15) is 15.3 Å². The first-order valence-corrected chi connectivity index (χ1v) is 37.1. The van der Waals surface area contributed by atoms with Crippen LogP contribution in [0.25, 0.3) is 0 Å². The van der Waals surface area contributed by atoms with Crippen molar-refractivity contribution in [1.82, 2.24) is 21.3 Å². The van der Waals surface area contributed by atoms with Gasteiger partial charge in [0.15, 0.2) is 6.29 Å². The molecule has 13 aromatic carbocycles. The number of nitrogens with one attached hydrogen (secondary N) is 4. The fraction of sp³-hybridized carbons (Fsp3) is 0.188. The van der Waals surface area contributed by atoms with Crippen LogP contribution in [0.2, 0.25) is 0 Å². The summed E-state index contributed by atoms with van der Waals surface area (Å²) in [6.45, 7) is 0.0903. The number of aliphatic hydroxyl groups is 3. The third kappa shape index (κ3) is 14.5. The Hall–Kier alpha value is -10.7. The molecule has 536 valence electrons. The number of methoxy groups -OCH3 is 1. The molecule has 7 N–H and O–H groups in total. The average molecular weight is 1410 g/mol. The Bertz CT molecular complexity index is 4450. The standard InChI is InChI=1S/C96H90N4O7/c1-104-82-64-62-69(63-65-82)68-105-90-83(98-94(73-44-20-5-21-45-73,74-46-22-6-23-47-74)75-48-24-7-25-49-75)66-84(99-95(76-50-26-8-27-51-76,77-52-28-9-29-53-77)78-54-30-10-31-55-78)91(89(90)103)107-92-86(100-96(79-56-32-11-33-57-79,80-58-34-12-35-59-80)81-60-36-13-37-61-81)88(102)87(101)85(106-92)67-97-93(70-38-14-2-15-39-70,71-40-16-3-17-41-71)72-42-18-4-19-43-72/h2-65,83-92,97-103H,66-68H2,1H3. The van der Waals surface area contributed by atoms with Gasteiger partial charge in [-0.05, 0) is 90.9 Å². The molecular formula is C96H90N4O7. The molecule has 1 aliphatic heterocycles. The molecule has 0 aromatic heterocycles. The molecule has 15 rings (SSSR count). The summed E-state index contributed by atoms with van der Waals surface area (Å²) in [4.78, 5) is 0. The van der Waals surface area contributed by atoms with E-state index in [-0.39, 0.29) is 19.6 Å². The van der Waals surface area contributed by atoms with E-state index >= 15 is 0 Å². The Morgan fingerprint density at radius 3 is 0.879 bits per heavy atom. The number of benzene rings is 13. The van der Waals surface area contributed by atoms with Crippen LogP contribution in [0.3, 0.4) is 0 Å². The Kier molecular flexibility index (Phi) is 22.1. The van der Waals surface area contributed by atoms with Crippen molar-refractivity contribution >= 4 is 0 Å². The average Bonchev–Trinajstić information content (AvgIpc) is 0.743. The van der Waals surface area contributed by atoms with Crippen LogP contribution in [0, 0.1) is 0 Å². The van der Waals surface area contributed by atoms with E-state index in [1.165, 1.54) is 0 Å². The lowest BCUT2D eigenvalue weighted by Gasteiger charge is -2.53. The molecule has 1 heterocycles. The summed E-state index contributed by atoms with van der Waals surface area (Å²) in [6.07, 6.45) is -9.28. The first kappa shape index (κ1) is 71.9. The zero-order chi connectivity index (χ0) is 72.9. The second kappa shape index (κ2) is 33.0. The molecule has 11 nitrogen and oxygen atoms in total. The van der Waals surface area contributed by atoms with Crippen LogP contribution in [0.4, 0.5) is 0 Å². The van der Waals surface area contributed by atoms with Gasteiger partial charge in [-0.3, -0.25) is 21.3 Å². The van der Waals surface area contributed by atoms with Crippen molar-refractivity contribution in [2.45, 2.75) is 96.2 Å². The molecule has 10 atom stereocenters. The van der Waals surface area contributed by atoms with Gasteiger partial charge in [-0.25, -0.2) is 0 Å². The molecule has 2 aliphatic rings. The van der Waals surface area contributed by atoms with Gasteiger partial charge in [0, 0.05) is 18.6 Å². The molecule has 107 heavy (non-hydrogen) atoms. The van der Waals surface area contributed by atoms with Gasteiger partial charge < -0.3 is 34.3 Å². The molecule has 0 amide bonds. The summed E-state index contributed by atoms with van der Waals surface area (Å²) in [6, 6.07) is 129. The van der Waals surface area contributed by atoms with Gasteiger partial charge in [0.2, 0.25) is 0 Å². The minimum absolute atomic E-state index is 0.00114. The molecule has 1 saturated carbocycles. The molecule has 13 aromatic rings. The van der Waals surface area contributed by atoms with Gasteiger partial charge >= 0.3 is 0 Å². The molecule has 0 bridgehead atoms. The molecule has 11 heteroatoms. The fourth-order valence-corrected chi connectivity index (χ4v) is 16.7. The number of hydrogen-bond donors (Lipinski definition) is 7. The minimum Gasteiger partial charge on any atom is -0.497 e. The highest BCUT2D eigenvalue weighted by atomic mass is 16.7. The van der Waals surface area contributed by atoms with Gasteiger partial charge in [-0.15, -0.1) is 0 Å². The van der Waals surface area contributed by atoms with Crippen molar-refractivity contribution in [1.29, 1.82) is 0 Å². The van der Waals surface area contributed by atoms with Crippen LogP contribution >= 0.6 is 0 Å². The van der Waals surface area contributed by atoms with Gasteiger partial charge in [0.25, 0.3) is 0 Å². The summed E-state index contributed by atoms with van der Waals surface area (Å²) in [7, 11) is 1.65. The van der Waals surface area contributed by atoms with Crippen molar-refractivity contribution in [3.05, 3.63) is 461 Å². The zero-order valence-electron chi connectivity index (χ0n) is 59.8. The van der Waals surface area contributed by atoms with Crippen molar-refractivity contribution in [3.8, 4) is 5.75 Å². The molecule has 2 fully saturated rings. The van der Waals surface area contributed by atoms with Crippen LogP contribution in [0.1, 0.15) is 78.7 Å². The van der Waals surface area contributed by atoms with E-state index in [1.54, 1.807) is 7.11 Å². The lowest BCUT2D eigenvalue weighted by molar-refractivity contribution is -0.298. The van der Waals surface area contributed by atoms with E-state index in [1.807, 2.05) is 170 Å². The molecule has 0 radical (unpaired) electrons. The van der Waals surface area contributed by atoms with E-state index in [0.717, 1.165) is 72.3 Å². The SMILES string of the molecule is COc1ccc(COC2C(NC(c3ccccc3)(c3ccccc3)c3ccccc3)CC(NC(c3ccccc3)(c3ccccc3)c3ccccc3)C(OC3OC(CNC(c4ccccc4)(c4ccccc4)c4ccccc4)C(O)C(O)C3NC(c3ccccc3)(c3ccccc3)c3ccccc3)C2O)cc1. The Labute approximate surface area is 628 Å².